The minimum absolute atomic E-state index is 0.0216. The lowest BCUT2D eigenvalue weighted by atomic mass is 9.93. The van der Waals surface area contributed by atoms with E-state index in [0.29, 0.717) is 12.4 Å². The Labute approximate surface area is 118 Å². The molecule has 1 heterocycles. The highest BCUT2D eigenvalue weighted by Gasteiger charge is 2.20. The van der Waals surface area contributed by atoms with E-state index in [1.165, 1.54) is 12.3 Å². The van der Waals surface area contributed by atoms with Gasteiger partial charge in [0.2, 0.25) is 0 Å². The summed E-state index contributed by atoms with van der Waals surface area (Å²) >= 11 is 6.02. The van der Waals surface area contributed by atoms with E-state index in [1.54, 1.807) is 0 Å². The van der Waals surface area contributed by atoms with Crippen LogP contribution in [0.5, 0.6) is 0 Å². The maximum atomic E-state index is 11.0. The number of carbonyl (C=O) groups is 1. The van der Waals surface area contributed by atoms with E-state index in [9.17, 15) is 4.79 Å². The number of pyridine rings is 1. The Morgan fingerprint density at radius 2 is 2.16 bits per heavy atom. The van der Waals surface area contributed by atoms with Crippen molar-refractivity contribution in [3.05, 3.63) is 22.8 Å². The number of halogens is 1. The zero-order valence-corrected chi connectivity index (χ0v) is 12.5. The molecule has 0 fully saturated rings. The summed E-state index contributed by atoms with van der Waals surface area (Å²) in [4.78, 5) is 17.2. The molecule has 2 N–H and O–H groups in total. The van der Waals surface area contributed by atoms with Gasteiger partial charge in [-0.15, -0.1) is 0 Å². The lowest BCUT2D eigenvalue weighted by Crippen LogP contribution is -2.34. The van der Waals surface area contributed by atoms with Crippen LogP contribution in [-0.4, -0.2) is 48.1 Å². The van der Waals surface area contributed by atoms with Gasteiger partial charge in [0.15, 0.2) is 0 Å². The molecule has 0 amide bonds. The first-order chi connectivity index (χ1) is 8.73. The highest BCUT2D eigenvalue weighted by atomic mass is 35.5. The summed E-state index contributed by atoms with van der Waals surface area (Å²) in [5, 5.41) is 12.3. The van der Waals surface area contributed by atoms with Gasteiger partial charge in [-0.2, -0.15) is 0 Å². The molecule has 0 aliphatic carbocycles. The number of nitrogens with one attached hydrogen (secondary N) is 1. The maximum absolute atomic E-state index is 11.0. The van der Waals surface area contributed by atoms with Crippen molar-refractivity contribution in [3.63, 3.8) is 0 Å². The van der Waals surface area contributed by atoms with Gasteiger partial charge in [0.25, 0.3) is 0 Å². The minimum Gasteiger partial charge on any atom is -0.478 e. The van der Waals surface area contributed by atoms with Gasteiger partial charge in [0.1, 0.15) is 5.82 Å². The fourth-order valence-electron chi connectivity index (χ4n) is 1.97. The molecular weight excluding hydrogens is 266 g/mol. The molecule has 0 saturated heterocycles. The summed E-state index contributed by atoms with van der Waals surface area (Å²) in [6.07, 6.45) is 1.44. The molecule has 0 aliphatic rings. The van der Waals surface area contributed by atoms with Crippen LogP contribution in [0, 0.1) is 5.41 Å². The Hall–Kier alpha value is -1.33. The van der Waals surface area contributed by atoms with E-state index in [2.05, 4.69) is 29.0 Å². The first kappa shape index (κ1) is 15.7. The smallest absolute Gasteiger partial charge is 0.337 e. The van der Waals surface area contributed by atoms with E-state index in [0.717, 1.165) is 6.54 Å². The Balaban J connectivity index is 2.78. The molecule has 106 valence electrons. The van der Waals surface area contributed by atoms with Gasteiger partial charge in [0, 0.05) is 19.3 Å². The molecule has 6 heteroatoms. The van der Waals surface area contributed by atoms with E-state index in [-0.39, 0.29) is 16.0 Å². The van der Waals surface area contributed by atoms with Crippen molar-refractivity contribution in [3.8, 4) is 0 Å². The lowest BCUT2D eigenvalue weighted by molar-refractivity contribution is 0.0697. The fourth-order valence-corrected chi connectivity index (χ4v) is 2.23. The summed E-state index contributed by atoms with van der Waals surface area (Å²) in [6, 6.07) is 1.39. The maximum Gasteiger partial charge on any atom is 0.337 e. The third-order valence-electron chi connectivity index (χ3n) is 2.60. The second kappa shape index (κ2) is 6.21. The van der Waals surface area contributed by atoms with E-state index in [1.807, 2.05) is 14.1 Å². The summed E-state index contributed by atoms with van der Waals surface area (Å²) in [5.41, 5.74) is 0.0814. The second-order valence-electron chi connectivity index (χ2n) is 5.58. The number of carboxylic acid groups (broad SMARTS) is 1. The number of aromatic carboxylic acids is 1. The first-order valence-corrected chi connectivity index (χ1v) is 6.37. The van der Waals surface area contributed by atoms with Crippen molar-refractivity contribution in [2.45, 2.75) is 13.8 Å². The Morgan fingerprint density at radius 3 is 2.68 bits per heavy atom. The Morgan fingerprint density at radius 1 is 1.53 bits per heavy atom. The van der Waals surface area contributed by atoms with Gasteiger partial charge in [-0.05, 0) is 25.6 Å². The average Bonchev–Trinajstić information content (AvgIpc) is 2.25. The third kappa shape index (κ3) is 4.69. The van der Waals surface area contributed by atoms with E-state index < -0.39 is 5.97 Å². The summed E-state index contributed by atoms with van der Waals surface area (Å²) < 4.78 is 0. The van der Waals surface area contributed by atoms with Gasteiger partial charge < -0.3 is 15.3 Å². The number of hydrogen-bond acceptors (Lipinski definition) is 4. The largest absolute Gasteiger partial charge is 0.478 e. The van der Waals surface area contributed by atoms with Gasteiger partial charge in [-0.3, -0.25) is 0 Å². The molecule has 0 aromatic carbocycles. The minimum atomic E-state index is -1.05. The van der Waals surface area contributed by atoms with E-state index in [4.69, 9.17) is 16.7 Å². The molecule has 5 nitrogen and oxygen atoms in total. The van der Waals surface area contributed by atoms with Crippen LogP contribution < -0.4 is 5.32 Å². The molecule has 0 spiro atoms. The van der Waals surface area contributed by atoms with Gasteiger partial charge in [-0.25, -0.2) is 9.78 Å². The molecule has 0 bridgehead atoms. The van der Waals surface area contributed by atoms with Crippen LogP contribution in [-0.2, 0) is 0 Å². The quantitative estimate of drug-likeness (QED) is 0.840. The van der Waals surface area contributed by atoms with Gasteiger partial charge in [0.05, 0.1) is 10.6 Å². The summed E-state index contributed by atoms with van der Waals surface area (Å²) in [5.74, 6) is -0.642. The number of aromatic nitrogens is 1. The van der Waals surface area contributed by atoms with Crippen LogP contribution in [0.15, 0.2) is 12.3 Å². The summed E-state index contributed by atoms with van der Waals surface area (Å²) in [6.45, 7) is 5.79. The predicted molar refractivity (Wildman–Crippen MR) is 77.0 cm³/mol. The van der Waals surface area contributed by atoms with Crippen molar-refractivity contribution in [1.82, 2.24) is 9.88 Å². The van der Waals surface area contributed by atoms with Crippen molar-refractivity contribution in [2.75, 3.05) is 32.5 Å². The fraction of sp³-hybridized carbons (Fsp3) is 0.538. The van der Waals surface area contributed by atoms with Crippen LogP contribution in [0.3, 0.4) is 0 Å². The topological polar surface area (TPSA) is 65.5 Å². The van der Waals surface area contributed by atoms with Crippen LogP contribution >= 0.6 is 11.6 Å². The first-order valence-electron chi connectivity index (χ1n) is 5.99. The van der Waals surface area contributed by atoms with Crippen molar-refractivity contribution in [2.24, 2.45) is 5.41 Å². The molecule has 1 aromatic rings. The zero-order valence-electron chi connectivity index (χ0n) is 11.7. The molecule has 1 rings (SSSR count). The van der Waals surface area contributed by atoms with Crippen LogP contribution in [0.25, 0.3) is 0 Å². The number of hydrogen-bond donors (Lipinski definition) is 2. The third-order valence-corrected chi connectivity index (χ3v) is 2.98. The number of carboxylic acids is 1. The summed E-state index contributed by atoms with van der Waals surface area (Å²) in [7, 11) is 4.02. The van der Waals surface area contributed by atoms with Gasteiger partial charge in [-0.1, -0.05) is 25.4 Å². The number of anilines is 1. The monoisotopic (exact) mass is 285 g/mol. The Kier molecular flexibility index (Phi) is 5.14. The molecule has 0 aliphatic heterocycles. The second-order valence-corrected chi connectivity index (χ2v) is 5.96. The predicted octanol–water partition coefficient (Wildman–Crippen LogP) is 2.43. The molecule has 0 unspecified atom stereocenters. The normalized spacial score (nSPS) is 11.7. The SMILES string of the molecule is CN(C)CC(C)(C)CNc1nccc(C(=O)O)c1Cl. The van der Waals surface area contributed by atoms with E-state index >= 15 is 0 Å². The average molecular weight is 286 g/mol. The molecule has 1 aromatic heterocycles. The van der Waals surface area contributed by atoms with Gasteiger partial charge >= 0.3 is 5.97 Å². The molecule has 0 radical (unpaired) electrons. The van der Waals surface area contributed by atoms with Crippen LogP contribution in [0.2, 0.25) is 5.02 Å². The highest BCUT2D eigenvalue weighted by Crippen LogP contribution is 2.25. The highest BCUT2D eigenvalue weighted by molar-refractivity contribution is 6.35. The number of nitrogens with zero attached hydrogens (tertiary/aromatic N) is 2. The Bertz CT molecular complexity index is 461. The molecule has 0 saturated carbocycles. The van der Waals surface area contributed by atoms with Crippen molar-refractivity contribution in [1.29, 1.82) is 0 Å². The van der Waals surface area contributed by atoms with Crippen molar-refractivity contribution >= 4 is 23.4 Å². The van der Waals surface area contributed by atoms with Crippen molar-refractivity contribution < 1.29 is 9.90 Å². The lowest BCUT2D eigenvalue weighted by Gasteiger charge is -2.28. The van der Waals surface area contributed by atoms with Crippen LogP contribution in [0.4, 0.5) is 5.82 Å². The molecule has 19 heavy (non-hydrogen) atoms. The molecular formula is C13H20ClN3O2. The standard InChI is InChI=1S/C13H20ClN3O2/c1-13(2,8-17(3)4)7-16-11-10(14)9(12(18)19)5-6-15-11/h5-6H,7-8H2,1-4H3,(H,15,16)(H,18,19). The number of rotatable bonds is 6. The zero-order chi connectivity index (χ0) is 14.6. The van der Waals surface area contributed by atoms with Crippen LogP contribution in [0.1, 0.15) is 24.2 Å². The molecule has 0 atom stereocenters.